The molecule has 0 aliphatic carbocycles. The van der Waals surface area contributed by atoms with Crippen molar-refractivity contribution < 1.29 is 13.2 Å². The van der Waals surface area contributed by atoms with Crippen LogP contribution in [0.4, 0.5) is 13.2 Å². The molecule has 0 aliphatic heterocycles. The zero-order valence-corrected chi connectivity index (χ0v) is 8.06. The molecule has 12 heavy (non-hydrogen) atoms. The van der Waals surface area contributed by atoms with Gasteiger partial charge in [-0.1, -0.05) is 28.7 Å². The topological polar surface area (TPSA) is 12.9 Å². The quantitative estimate of drug-likeness (QED) is 0.571. The van der Waals surface area contributed by atoms with Crippen LogP contribution in [0.15, 0.2) is 18.2 Å². The standard InChI is InChI=1S/C7H5F3IN/c8-7(9,10)6-3-1-2-5(4-11)12-6/h1-3H,4H2. The number of aromatic nitrogens is 1. The summed E-state index contributed by atoms with van der Waals surface area (Å²) in [6, 6.07) is 3.90. The molecule has 66 valence electrons. The molecule has 5 heteroatoms. The highest BCUT2D eigenvalue weighted by molar-refractivity contribution is 14.1. The van der Waals surface area contributed by atoms with E-state index in [1.807, 2.05) is 22.6 Å². The van der Waals surface area contributed by atoms with E-state index >= 15 is 0 Å². The maximum absolute atomic E-state index is 12.0. The molecule has 0 radical (unpaired) electrons. The summed E-state index contributed by atoms with van der Waals surface area (Å²) in [6.45, 7) is 0. The fourth-order valence-electron chi connectivity index (χ4n) is 0.712. The number of halogens is 4. The first-order valence-electron chi connectivity index (χ1n) is 3.13. The monoisotopic (exact) mass is 287 g/mol. The van der Waals surface area contributed by atoms with Gasteiger partial charge in [0.25, 0.3) is 0 Å². The Kier molecular flexibility index (Phi) is 2.92. The average Bonchev–Trinajstić information content (AvgIpc) is 2.03. The normalized spacial score (nSPS) is 11.7. The van der Waals surface area contributed by atoms with Gasteiger partial charge in [0.2, 0.25) is 0 Å². The Morgan fingerprint density at radius 1 is 1.33 bits per heavy atom. The molecule has 1 heterocycles. The van der Waals surface area contributed by atoms with E-state index in [2.05, 4.69) is 4.98 Å². The number of hydrogen-bond acceptors (Lipinski definition) is 1. The largest absolute Gasteiger partial charge is 0.433 e. The molecule has 0 fully saturated rings. The van der Waals surface area contributed by atoms with Crippen molar-refractivity contribution >= 4 is 22.6 Å². The Hall–Kier alpha value is -0.330. The summed E-state index contributed by atoms with van der Waals surface area (Å²) in [4.78, 5) is 3.43. The molecular formula is C7H5F3IN. The number of nitrogens with zero attached hydrogens (tertiary/aromatic N) is 1. The summed E-state index contributed by atoms with van der Waals surface area (Å²) >= 11 is 1.97. The molecule has 0 atom stereocenters. The average molecular weight is 287 g/mol. The molecule has 0 N–H and O–H groups in total. The fraction of sp³-hybridized carbons (Fsp3) is 0.286. The van der Waals surface area contributed by atoms with Crippen LogP contribution in [0.2, 0.25) is 0 Å². The van der Waals surface area contributed by atoms with Crippen LogP contribution in [0.1, 0.15) is 11.4 Å². The molecule has 1 nitrogen and oxygen atoms in total. The molecule has 0 aromatic carbocycles. The van der Waals surface area contributed by atoms with E-state index in [0.717, 1.165) is 6.07 Å². The van der Waals surface area contributed by atoms with Gasteiger partial charge in [-0.3, -0.25) is 0 Å². The number of hydrogen-bond donors (Lipinski definition) is 0. The van der Waals surface area contributed by atoms with Crippen molar-refractivity contribution in [1.82, 2.24) is 4.98 Å². The molecule has 1 aromatic heterocycles. The minimum absolute atomic E-state index is 0.449. The third-order valence-corrected chi connectivity index (χ3v) is 2.02. The maximum atomic E-state index is 12.0. The third-order valence-electron chi connectivity index (χ3n) is 1.23. The second kappa shape index (κ2) is 3.59. The molecule has 1 rings (SSSR count). The Bertz CT molecular complexity index is 272. The van der Waals surface area contributed by atoms with E-state index in [4.69, 9.17) is 0 Å². The van der Waals surface area contributed by atoms with Crippen LogP contribution >= 0.6 is 22.6 Å². The van der Waals surface area contributed by atoms with Gasteiger partial charge in [0.15, 0.2) is 0 Å². The van der Waals surface area contributed by atoms with Crippen LogP contribution in [-0.4, -0.2) is 4.98 Å². The first-order chi connectivity index (χ1) is 5.54. The van der Waals surface area contributed by atoms with Gasteiger partial charge in [-0.2, -0.15) is 13.2 Å². The van der Waals surface area contributed by atoms with Crippen LogP contribution in [0.5, 0.6) is 0 Å². The number of pyridine rings is 1. The van der Waals surface area contributed by atoms with Crippen LogP contribution in [0.3, 0.4) is 0 Å². The summed E-state index contributed by atoms with van der Waals surface area (Å²) in [6.07, 6.45) is -4.33. The van der Waals surface area contributed by atoms with Crippen molar-refractivity contribution in [3.63, 3.8) is 0 Å². The van der Waals surface area contributed by atoms with E-state index in [1.165, 1.54) is 6.07 Å². The minimum Gasteiger partial charge on any atom is -0.248 e. The van der Waals surface area contributed by atoms with E-state index in [-0.39, 0.29) is 0 Å². The predicted octanol–water partition coefficient (Wildman–Crippen LogP) is 3.04. The molecule has 0 saturated carbocycles. The van der Waals surface area contributed by atoms with Crippen LogP contribution in [-0.2, 0) is 10.6 Å². The maximum Gasteiger partial charge on any atom is 0.433 e. The van der Waals surface area contributed by atoms with Crippen LogP contribution < -0.4 is 0 Å². The van der Waals surface area contributed by atoms with Crippen molar-refractivity contribution in [3.8, 4) is 0 Å². The zero-order valence-electron chi connectivity index (χ0n) is 5.90. The van der Waals surface area contributed by atoms with Gasteiger partial charge in [-0.25, -0.2) is 4.98 Å². The molecule has 0 aliphatic rings. The zero-order chi connectivity index (χ0) is 9.19. The van der Waals surface area contributed by atoms with Gasteiger partial charge in [-0.15, -0.1) is 0 Å². The lowest BCUT2D eigenvalue weighted by Crippen LogP contribution is -2.08. The minimum atomic E-state index is -4.33. The lowest BCUT2D eigenvalue weighted by Gasteiger charge is -2.05. The van der Waals surface area contributed by atoms with Crippen molar-refractivity contribution in [2.24, 2.45) is 0 Å². The molecule has 1 aromatic rings. The summed E-state index contributed by atoms with van der Waals surface area (Å²) < 4.78 is 36.6. The van der Waals surface area contributed by atoms with E-state index in [0.29, 0.717) is 10.1 Å². The molecule has 0 amide bonds. The molecule has 0 bridgehead atoms. The Labute approximate surface area is 81.1 Å². The van der Waals surface area contributed by atoms with Gasteiger partial charge in [0.05, 0.1) is 5.69 Å². The van der Waals surface area contributed by atoms with Gasteiger partial charge < -0.3 is 0 Å². The Balaban J connectivity index is 3.02. The summed E-state index contributed by atoms with van der Waals surface area (Å²) in [7, 11) is 0. The Morgan fingerprint density at radius 3 is 2.50 bits per heavy atom. The summed E-state index contributed by atoms with van der Waals surface area (Å²) in [5.74, 6) is 0. The molecular weight excluding hydrogens is 282 g/mol. The van der Waals surface area contributed by atoms with E-state index in [9.17, 15) is 13.2 Å². The molecule has 0 saturated heterocycles. The Morgan fingerprint density at radius 2 is 2.00 bits per heavy atom. The van der Waals surface area contributed by atoms with E-state index < -0.39 is 11.9 Å². The van der Waals surface area contributed by atoms with Crippen molar-refractivity contribution in [3.05, 3.63) is 29.6 Å². The summed E-state index contributed by atoms with van der Waals surface area (Å²) in [5.41, 5.74) is -0.373. The predicted molar refractivity (Wildman–Crippen MR) is 47.0 cm³/mol. The van der Waals surface area contributed by atoms with Gasteiger partial charge in [-0.05, 0) is 12.1 Å². The number of rotatable bonds is 1. The smallest absolute Gasteiger partial charge is 0.248 e. The SMILES string of the molecule is FC(F)(F)c1cccc(CI)n1. The van der Waals surface area contributed by atoms with Crippen LogP contribution in [0, 0.1) is 0 Å². The highest BCUT2D eigenvalue weighted by atomic mass is 127. The lowest BCUT2D eigenvalue weighted by molar-refractivity contribution is -0.141. The van der Waals surface area contributed by atoms with Crippen molar-refractivity contribution in [2.75, 3.05) is 0 Å². The molecule has 0 unspecified atom stereocenters. The fourth-order valence-corrected chi connectivity index (χ4v) is 1.14. The second-order valence-corrected chi connectivity index (χ2v) is 2.91. The lowest BCUT2D eigenvalue weighted by atomic mass is 10.3. The summed E-state index contributed by atoms with van der Waals surface area (Å²) in [5, 5.41) is 0. The van der Waals surface area contributed by atoms with Gasteiger partial charge in [0.1, 0.15) is 5.69 Å². The van der Waals surface area contributed by atoms with E-state index in [1.54, 1.807) is 6.07 Å². The van der Waals surface area contributed by atoms with Crippen molar-refractivity contribution in [1.29, 1.82) is 0 Å². The van der Waals surface area contributed by atoms with Gasteiger partial charge in [0, 0.05) is 4.43 Å². The van der Waals surface area contributed by atoms with Gasteiger partial charge >= 0.3 is 6.18 Å². The first-order valence-corrected chi connectivity index (χ1v) is 4.65. The van der Waals surface area contributed by atoms with Crippen molar-refractivity contribution in [2.45, 2.75) is 10.6 Å². The third kappa shape index (κ3) is 2.33. The van der Waals surface area contributed by atoms with Crippen LogP contribution in [0.25, 0.3) is 0 Å². The second-order valence-electron chi connectivity index (χ2n) is 2.15. The molecule has 0 spiro atoms. The number of alkyl halides is 4. The first kappa shape index (κ1) is 9.76. The highest BCUT2D eigenvalue weighted by Crippen LogP contribution is 2.27. The highest BCUT2D eigenvalue weighted by Gasteiger charge is 2.32.